The molecule has 12 heavy (non-hydrogen) atoms. The van der Waals surface area contributed by atoms with Crippen molar-refractivity contribution in [2.24, 2.45) is 0 Å². The normalized spacial score (nSPS) is 15.9. The Labute approximate surface area is 73.0 Å². The third kappa shape index (κ3) is 1.87. The number of hydrogen-bond acceptors (Lipinski definition) is 2. The van der Waals surface area contributed by atoms with Crippen LogP contribution in [-0.4, -0.2) is 43.4 Å². The number of likely N-dealkylation sites (N-methyl/N-ethyl adjacent to an activating group) is 2. The van der Waals surface area contributed by atoms with E-state index in [0.29, 0.717) is 6.54 Å². The van der Waals surface area contributed by atoms with Crippen LogP contribution in [-0.2, 0) is 4.79 Å². The van der Waals surface area contributed by atoms with Gasteiger partial charge < -0.3 is 9.80 Å². The number of rotatable bonds is 1. The lowest BCUT2D eigenvalue weighted by atomic mass is 10.2. The molecule has 0 bridgehead atoms. The first-order chi connectivity index (χ1) is 5.61. The van der Waals surface area contributed by atoms with Gasteiger partial charge in [-0.1, -0.05) is 6.08 Å². The first-order valence-corrected chi connectivity index (χ1v) is 3.90. The molecule has 0 saturated heterocycles. The summed E-state index contributed by atoms with van der Waals surface area (Å²) in [5, 5.41) is 0. The monoisotopic (exact) mass is 166 g/mol. The van der Waals surface area contributed by atoms with Gasteiger partial charge >= 0.3 is 0 Å². The molecule has 3 heteroatoms. The third-order valence-corrected chi connectivity index (χ3v) is 1.74. The van der Waals surface area contributed by atoms with Gasteiger partial charge in [-0.2, -0.15) is 0 Å². The summed E-state index contributed by atoms with van der Waals surface area (Å²) in [6.07, 6.45) is 5.70. The van der Waals surface area contributed by atoms with Crippen LogP contribution in [0.25, 0.3) is 0 Å². The molecule has 0 aromatic rings. The highest BCUT2D eigenvalue weighted by molar-refractivity contribution is 5.94. The van der Waals surface area contributed by atoms with Crippen molar-refractivity contribution in [3.8, 4) is 0 Å². The van der Waals surface area contributed by atoms with E-state index >= 15 is 0 Å². The van der Waals surface area contributed by atoms with E-state index < -0.39 is 0 Å². The average Bonchev–Trinajstić information content (AvgIpc) is 2.03. The molecule has 0 aromatic carbocycles. The molecule has 1 amide bonds. The lowest BCUT2D eigenvalue weighted by molar-refractivity contribution is -0.124. The van der Waals surface area contributed by atoms with Crippen molar-refractivity contribution in [2.45, 2.75) is 0 Å². The summed E-state index contributed by atoms with van der Waals surface area (Å²) >= 11 is 0. The van der Waals surface area contributed by atoms with Crippen LogP contribution in [0.15, 0.2) is 23.9 Å². The van der Waals surface area contributed by atoms with Crippen LogP contribution < -0.4 is 0 Å². The lowest BCUT2D eigenvalue weighted by Gasteiger charge is -2.21. The Hall–Kier alpha value is -1.25. The van der Waals surface area contributed by atoms with Crippen molar-refractivity contribution >= 4 is 5.91 Å². The Bertz CT molecular complexity index is 241. The van der Waals surface area contributed by atoms with Crippen LogP contribution in [0.3, 0.4) is 0 Å². The van der Waals surface area contributed by atoms with E-state index in [2.05, 4.69) is 0 Å². The molecule has 1 heterocycles. The molecule has 0 fully saturated rings. The second kappa shape index (κ2) is 3.43. The van der Waals surface area contributed by atoms with E-state index in [1.165, 1.54) is 0 Å². The Kier molecular flexibility index (Phi) is 2.53. The predicted octanol–water partition coefficient (Wildman–Crippen LogP) is 0.460. The Morgan fingerprint density at radius 1 is 1.58 bits per heavy atom. The lowest BCUT2D eigenvalue weighted by Crippen LogP contribution is -2.29. The maximum absolute atomic E-state index is 11.4. The summed E-state index contributed by atoms with van der Waals surface area (Å²) in [4.78, 5) is 15.0. The highest BCUT2D eigenvalue weighted by Gasteiger charge is 2.13. The molecule has 0 spiro atoms. The second-order valence-electron chi connectivity index (χ2n) is 3.15. The molecule has 0 saturated carbocycles. The zero-order valence-corrected chi connectivity index (χ0v) is 7.74. The number of allylic oxidation sites excluding steroid dienone is 2. The van der Waals surface area contributed by atoms with Gasteiger partial charge in [0.25, 0.3) is 5.91 Å². The van der Waals surface area contributed by atoms with Gasteiger partial charge in [-0.3, -0.25) is 4.79 Å². The van der Waals surface area contributed by atoms with Gasteiger partial charge in [0.2, 0.25) is 0 Å². The number of carbonyl (C=O) groups is 1. The van der Waals surface area contributed by atoms with Gasteiger partial charge in [0.15, 0.2) is 0 Å². The minimum Gasteiger partial charge on any atom is -0.376 e. The summed E-state index contributed by atoms with van der Waals surface area (Å²) in [5.74, 6) is 0.0891. The summed E-state index contributed by atoms with van der Waals surface area (Å²) in [5.41, 5.74) is 0.838. The zero-order valence-electron chi connectivity index (χ0n) is 7.74. The fraction of sp³-hybridized carbons (Fsp3) is 0.444. The summed E-state index contributed by atoms with van der Waals surface area (Å²) in [6, 6.07) is 0. The average molecular weight is 166 g/mol. The van der Waals surface area contributed by atoms with Gasteiger partial charge in [-0.15, -0.1) is 0 Å². The molecule has 0 N–H and O–H groups in total. The molecule has 0 atom stereocenters. The molecule has 1 aliphatic heterocycles. The van der Waals surface area contributed by atoms with Gasteiger partial charge in [0.05, 0.1) is 0 Å². The van der Waals surface area contributed by atoms with Crippen LogP contribution in [0.1, 0.15) is 0 Å². The smallest absolute Gasteiger partial charge is 0.251 e. The third-order valence-electron chi connectivity index (χ3n) is 1.74. The molecule has 0 radical (unpaired) electrons. The van der Waals surface area contributed by atoms with Gasteiger partial charge in [0.1, 0.15) is 0 Å². The minimum absolute atomic E-state index is 0.0891. The van der Waals surface area contributed by atoms with Crippen molar-refractivity contribution in [3.63, 3.8) is 0 Å². The van der Waals surface area contributed by atoms with Gasteiger partial charge in [-0.25, -0.2) is 0 Å². The molecular weight excluding hydrogens is 152 g/mol. The molecule has 0 unspecified atom stereocenters. The summed E-state index contributed by atoms with van der Waals surface area (Å²) in [7, 11) is 5.48. The van der Waals surface area contributed by atoms with Crippen LogP contribution >= 0.6 is 0 Å². The highest BCUT2D eigenvalue weighted by atomic mass is 16.2. The molecular formula is C9H14N2O. The van der Waals surface area contributed by atoms with Crippen molar-refractivity contribution in [1.82, 2.24) is 9.80 Å². The van der Waals surface area contributed by atoms with E-state index in [1.54, 1.807) is 19.0 Å². The van der Waals surface area contributed by atoms with Crippen LogP contribution in [0, 0.1) is 0 Å². The molecule has 0 aromatic heterocycles. The van der Waals surface area contributed by atoms with Crippen LogP contribution in [0.4, 0.5) is 0 Å². The fourth-order valence-electron chi connectivity index (χ4n) is 1.11. The number of nitrogens with zero attached hydrogens (tertiary/aromatic N) is 2. The largest absolute Gasteiger partial charge is 0.376 e. The van der Waals surface area contributed by atoms with E-state index in [-0.39, 0.29) is 5.91 Å². The van der Waals surface area contributed by atoms with Crippen LogP contribution in [0.2, 0.25) is 0 Å². The number of hydrogen-bond donors (Lipinski definition) is 0. The first kappa shape index (κ1) is 8.84. The first-order valence-electron chi connectivity index (χ1n) is 3.90. The summed E-state index contributed by atoms with van der Waals surface area (Å²) < 4.78 is 0. The quantitative estimate of drug-likeness (QED) is 0.565. The maximum atomic E-state index is 11.4. The van der Waals surface area contributed by atoms with Crippen molar-refractivity contribution in [2.75, 3.05) is 27.7 Å². The SMILES string of the molecule is CN1C=CC=C(C(=O)N(C)C)C1. The van der Waals surface area contributed by atoms with Crippen molar-refractivity contribution < 1.29 is 4.79 Å². The molecule has 1 aliphatic rings. The van der Waals surface area contributed by atoms with Gasteiger partial charge in [0, 0.05) is 33.3 Å². The summed E-state index contributed by atoms with van der Waals surface area (Å²) in [6.45, 7) is 0.702. The standard InChI is InChI=1S/C9H14N2O/c1-10(2)9(12)8-5-4-6-11(3)7-8/h4-6H,7H2,1-3H3. The van der Waals surface area contributed by atoms with E-state index in [0.717, 1.165) is 5.57 Å². The Balaban J connectivity index is 2.70. The van der Waals surface area contributed by atoms with Crippen LogP contribution in [0.5, 0.6) is 0 Å². The number of amides is 1. The van der Waals surface area contributed by atoms with E-state index in [1.807, 2.05) is 30.3 Å². The van der Waals surface area contributed by atoms with Crippen molar-refractivity contribution in [3.05, 3.63) is 23.9 Å². The fourth-order valence-corrected chi connectivity index (χ4v) is 1.11. The topological polar surface area (TPSA) is 23.6 Å². The molecule has 3 nitrogen and oxygen atoms in total. The second-order valence-corrected chi connectivity index (χ2v) is 3.15. The van der Waals surface area contributed by atoms with E-state index in [9.17, 15) is 4.79 Å². The van der Waals surface area contributed by atoms with Crippen molar-refractivity contribution in [1.29, 1.82) is 0 Å². The maximum Gasteiger partial charge on any atom is 0.251 e. The van der Waals surface area contributed by atoms with Gasteiger partial charge in [-0.05, 0) is 12.3 Å². The Morgan fingerprint density at radius 2 is 2.25 bits per heavy atom. The number of carbonyl (C=O) groups excluding carboxylic acids is 1. The zero-order chi connectivity index (χ0) is 9.14. The molecule has 1 rings (SSSR count). The Morgan fingerprint density at radius 3 is 2.75 bits per heavy atom. The molecule has 66 valence electrons. The minimum atomic E-state index is 0.0891. The predicted molar refractivity (Wildman–Crippen MR) is 48.5 cm³/mol. The highest BCUT2D eigenvalue weighted by Crippen LogP contribution is 2.06. The molecule has 0 aliphatic carbocycles. The van der Waals surface area contributed by atoms with E-state index in [4.69, 9.17) is 0 Å².